The van der Waals surface area contributed by atoms with Crippen LogP contribution in [0.1, 0.15) is 39.0 Å². The Morgan fingerprint density at radius 3 is 2.69 bits per heavy atom. The molecule has 5 heteroatoms. The molecule has 0 aromatic carbocycles. The number of carbonyl (C=O) groups is 2. The van der Waals surface area contributed by atoms with E-state index in [2.05, 4.69) is 10.6 Å². The second-order valence-corrected chi connectivity index (χ2v) is 4.48. The largest absolute Gasteiger partial charge is 0.481 e. The normalized spacial score (nSPS) is 16.6. The van der Waals surface area contributed by atoms with Gasteiger partial charge in [0, 0.05) is 19.0 Å². The molecule has 0 bridgehead atoms. The van der Waals surface area contributed by atoms with Gasteiger partial charge in [0.2, 0.25) is 0 Å². The fourth-order valence-corrected chi connectivity index (χ4v) is 1.47. The number of rotatable bonds is 7. The third-order valence-electron chi connectivity index (χ3n) is 2.65. The van der Waals surface area contributed by atoms with Crippen LogP contribution >= 0.6 is 0 Å². The molecule has 16 heavy (non-hydrogen) atoms. The SMILES string of the molecule is CC(CCCC(=O)O)NC(=O)NCC1CC1. The summed E-state index contributed by atoms with van der Waals surface area (Å²) in [6.45, 7) is 2.65. The smallest absolute Gasteiger partial charge is 0.315 e. The molecule has 1 unspecified atom stereocenters. The molecule has 3 N–H and O–H groups in total. The van der Waals surface area contributed by atoms with Crippen molar-refractivity contribution in [3.63, 3.8) is 0 Å². The van der Waals surface area contributed by atoms with Gasteiger partial charge in [-0.05, 0) is 38.5 Å². The Hall–Kier alpha value is -1.26. The van der Waals surface area contributed by atoms with Crippen LogP contribution in [0.2, 0.25) is 0 Å². The number of carboxylic acid groups (broad SMARTS) is 1. The molecule has 0 saturated heterocycles. The summed E-state index contributed by atoms with van der Waals surface area (Å²) < 4.78 is 0. The monoisotopic (exact) mass is 228 g/mol. The number of carbonyl (C=O) groups excluding carboxylic acids is 1. The van der Waals surface area contributed by atoms with Crippen molar-refractivity contribution in [3.8, 4) is 0 Å². The molecular formula is C11H20N2O3. The van der Waals surface area contributed by atoms with Gasteiger partial charge in [-0.25, -0.2) is 4.79 Å². The number of hydrogen-bond acceptors (Lipinski definition) is 2. The minimum Gasteiger partial charge on any atom is -0.481 e. The average molecular weight is 228 g/mol. The van der Waals surface area contributed by atoms with Gasteiger partial charge >= 0.3 is 12.0 Å². The lowest BCUT2D eigenvalue weighted by Crippen LogP contribution is -2.41. The fourth-order valence-electron chi connectivity index (χ4n) is 1.47. The van der Waals surface area contributed by atoms with Gasteiger partial charge in [-0.1, -0.05) is 0 Å². The first-order chi connectivity index (χ1) is 7.58. The van der Waals surface area contributed by atoms with Gasteiger partial charge in [0.1, 0.15) is 0 Å². The maximum absolute atomic E-state index is 11.3. The molecule has 0 spiro atoms. The van der Waals surface area contributed by atoms with Gasteiger partial charge < -0.3 is 15.7 Å². The van der Waals surface area contributed by atoms with Gasteiger partial charge in [-0.3, -0.25) is 4.79 Å². The van der Waals surface area contributed by atoms with E-state index in [9.17, 15) is 9.59 Å². The molecule has 1 rings (SSSR count). The second-order valence-electron chi connectivity index (χ2n) is 4.48. The number of carboxylic acids is 1. The van der Waals surface area contributed by atoms with Gasteiger partial charge in [0.15, 0.2) is 0 Å². The first-order valence-electron chi connectivity index (χ1n) is 5.84. The summed E-state index contributed by atoms with van der Waals surface area (Å²) in [5.41, 5.74) is 0. The Kier molecular flexibility index (Phi) is 5.08. The molecule has 92 valence electrons. The average Bonchev–Trinajstić information content (AvgIpc) is 2.97. The minimum absolute atomic E-state index is 0.0264. The Labute approximate surface area is 95.6 Å². The zero-order valence-corrected chi connectivity index (χ0v) is 9.66. The van der Waals surface area contributed by atoms with E-state index in [0.29, 0.717) is 18.8 Å². The highest BCUT2D eigenvalue weighted by molar-refractivity contribution is 5.74. The number of nitrogens with one attached hydrogen (secondary N) is 2. The van der Waals surface area contributed by atoms with E-state index in [1.165, 1.54) is 12.8 Å². The predicted octanol–water partition coefficient (Wildman–Crippen LogP) is 1.34. The molecule has 1 aliphatic carbocycles. The van der Waals surface area contributed by atoms with Gasteiger partial charge in [-0.15, -0.1) is 0 Å². The van der Waals surface area contributed by atoms with E-state index >= 15 is 0 Å². The van der Waals surface area contributed by atoms with Crippen molar-refractivity contribution in [3.05, 3.63) is 0 Å². The van der Waals surface area contributed by atoms with Crippen molar-refractivity contribution in [1.82, 2.24) is 10.6 Å². The molecule has 0 radical (unpaired) electrons. The molecular weight excluding hydrogens is 208 g/mol. The lowest BCUT2D eigenvalue weighted by atomic mass is 10.1. The molecule has 0 aliphatic heterocycles. The van der Waals surface area contributed by atoms with Crippen LogP contribution in [0.4, 0.5) is 4.79 Å². The maximum atomic E-state index is 11.3. The number of aliphatic carboxylic acids is 1. The number of urea groups is 1. The van der Waals surface area contributed by atoms with Crippen molar-refractivity contribution in [2.75, 3.05) is 6.54 Å². The van der Waals surface area contributed by atoms with Crippen molar-refractivity contribution in [2.24, 2.45) is 5.92 Å². The predicted molar refractivity (Wildman–Crippen MR) is 60.2 cm³/mol. The van der Waals surface area contributed by atoms with Gasteiger partial charge in [0.25, 0.3) is 0 Å². The zero-order valence-electron chi connectivity index (χ0n) is 9.66. The van der Waals surface area contributed by atoms with E-state index in [1.807, 2.05) is 6.92 Å². The van der Waals surface area contributed by atoms with Crippen molar-refractivity contribution in [2.45, 2.75) is 45.1 Å². The third kappa shape index (κ3) is 6.27. The lowest BCUT2D eigenvalue weighted by Gasteiger charge is -2.13. The first-order valence-corrected chi connectivity index (χ1v) is 5.84. The van der Waals surface area contributed by atoms with E-state index in [4.69, 9.17) is 5.11 Å². The second kappa shape index (κ2) is 6.35. The highest BCUT2D eigenvalue weighted by atomic mass is 16.4. The summed E-state index contributed by atoms with van der Waals surface area (Å²) >= 11 is 0. The summed E-state index contributed by atoms with van der Waals surface area (Å²) in [5, 5.41) is 14.1. The van der Waals surface area contributed by atoms with Crippen LogP contribution < -0.4 is 10.6 Å². The Balaban J connectivity index is 2.00. The van der Waals surface area contributed by atoms with Crippen LogP contribution in [0.3, 0.4) is 0 Å². The zero-order chi connectivity index (χ0) is 12.0. The molecule has 2 amide bonds. The molecule has 1 aliphatic rings. The number of amides is 2. The Morgan fingerprint density at radius 2 is 2.12 bits per heavy atom. The van der Waals surface area contributed by atoms with Crippen LogP contribution in [0.5, 0.6) is 0 Å². The summed E-state index contributed by atoms with van der Waals surface area (Å²) in [6.07, 6.45) is 3.89. The Bertz CT molecular complexity index is 252. The van der Waals surface area contributed by atoms with E-state index in [1.54, 1.807) is 0 Å². The summed E-state index contributed by atoms with van der Waals surface area (Å²) in [6, 6.07) is -0.117. The van der Waals surface area contributed by atoms with Crippen molar-refractivity contribution in [1.29, 1.82) is 0 Å². The van der Waals surface area contributed by atoms with Crippen molar-refractivity contribution >= 4 is 12.0 Å². The van der Waals surface area contributed by atoms with E-state index in [0.717, 1.165) is 6.54 Å². The molecule has 0 heterocycles. The van der Waals surface area contributed by atoms with Crippen molar-refractivity contribution < 1.29 is 14.7 Å². The van der Waals surface area contributed by atoms with Gasteiger partial charge in [-0.2, -0.15) is 0 Å². The minimum atomic E-state index is -0.787. The topological polar surface area (TPSA) is 78.4 Å². The van der Waals surface area contributed by atoms with E-state index < -0.39 is 5.97 Å². The van der Waals surface area contributed by atoms with Crippen LogP contribution in [0, 0.1) is 5.92 Å². The molecule has 5 nitrogen and oxygen atoms in total. The van der Waals surface area contributed by atoms with Crippen LogP contribution in [0.15, 0.2) is 0 Å². The standard InChI is InChI=1S/C11H20N2O3/c1-8(3-2-4-10(14)15)13-11(16)12-7-9-5-6-9/h8-9H,2-7H2,1H3,(H,14,15)(H2,12,13,16). The third-order valence-corrected chi connectivity index (χ3v) is 2.65. The summed E-state index contributed by atoms with van der Waals surface area (Å²) in [7, 11) is 0. The van der Waals surface area contributed by atoms with Crippen LogP contribution in [-0.4, -0.2) is 29.7 Å². The molecule has 0 aromatic heterocycles. The first kappa shape index (κ1) is 12.8. The highest BCUT2D eigenvalue weighted by Crippen LogP contribution is 2.27. The maximum Gasteiger partial charge on any atom is 0.315 e. The summed E-state index contributed by atoms with van der Waals surface area (Å²) in [4.78, 5) is 21.6. The van der Waals surface area contributed by atoms with Crippen LogP contribution in [0.25, 0.3) is 0 Å². The summed E-state index contributed by atoms with van der Waals surface area (Å²) in [5.74, 6) is -0.113. The molecule has 0 aromatic rings. The molecule has 1 atom stereocenters. The molecule has 1 fully saturated rings. The number of hydrogen-bond donors (Lipinski definition) is 3. The van der Waals surface area contributed by atoms with E-state index in [-0.39, 0.29) is 18.5 Å². The van der Waals surface area contributed by atoms with Crippen LogP contribution in [-0.2, 0) is 4.79 Å². The fraction of sp³-hybridized carbons (Fsp3) is 0.818. The quantitative estimate of drug-likeness (QED) is 0.615. The lowest BCUT2D eigenvalue weighted by molar-refractivity contribution is -0.137. The Morgan fingerprint density at radius 1 is 1.44 bits per heavy atom. The van der Waals surface area contributed by atoms with Gasteiger partial charge in [0.05, 0.1) is 0 Å². The highest BCUT2D eigenvalue weighted by Gasteiger charge is 2.21. The molecule has 1 saturated carbocycles.